The molecular formula is C26H26N6O4. The van der Waals surface area contributed by atoms with Gasteiger partial charge in [-0.05, 0) is 41.8 Å². The molecule has 0 aliphatic carbocycles. The van der Waals surface area contributed by atoms with Crippen LogP contribution in [-0.4, -0.2) is 69.7 Å². The number of carbonyl (C=O) groups is 3. The number of imide groups is 1. The van der Waals surface area contributed by atoms with Gasteiger partial charge in [0.1, 0.15) is 11.9 Å². The highest BCUT2D eigenvalue weighted by Gasteiger charge is 2.39. The summed E-state index contributed by atoms with van der Waals surface area (Å²) in [4.78, 5) is 45.4. The number of nitrogens with one attached hydrogen (secondary N) is 1. The van der Waals surface area contributed by atoms with Crippen LogP contribution in [0.15, 0.2) is 42.7 Å². The van der Waals surface area contributed by atoms with Crippen LogP contribution in [0, 0.1) is 0 Å². The van der Waals surface area contributed by atoms with E-state index >= 15 is 0 Å². The van der Waals surface area contributed by atoms with Crippen LogP contribution in [-0.2, 0) is 27.9 Å². The van der Waals surface area contributed by atoms with Crippen molar-refractivity contribution in [2.75, 3.05) is 31.2 Å². The van der Waals surface area contributed by atoms with Gasteiger partial charge in [-0.25, -0.2) is 4.98 Å². The number of anilines is 1. The number of pyridine rings is 1. The fraction of sp³-hybridized carbons (Fsp3) is 0.346. The molecule has 0 spiro atoms. The minimum Gasteiger partial charge on any atom is -0.378 e. The van der Waals surface area contributed by atoms with Gasteiger partial charge in [-0.2, -0.15) is 5.10 Å². The molecule has 3 amide bonds. The van der Waals surface area contributed by atoms with Crippen LogP contribution >= 0.6 is 0 Å². The number of hydrogen-bond acceptors (Lipinski definition) is 7. The van der Waals surface area contributed by atoms with E-state index in [4.69, 9.17) is 9.72 Å². The molecule has 2 aromatic heterocycles. The van der Waals surface area contributed by atoms with Crippen molar-refractivity contribution in [1.29, 1.82) is 0 Å². The van der Waals surface area contributed by atoms with Gasteiger partial charge in [-0.3, -0.25) is 24.4 Å². The second-order valence-electron chi connectivity index (χ2n) is 9.31. The van der Waals surface area contributed by atoms with E-state index in [0.717, 1.165) is 46.9 Å². The summed E-state index contributed by atoms with van der Waals surface area (Å²) < 4.78 is 7.26. The zero-order valence-corrected chi connectivity index (χ0v) is 19.9. The molecule has 1 aromatic carbocycles. The number of nitrogens with zero attached hydrogens (tertiary/aromatic N) is 5. The fourth-order valence-electron chi connectivity index (χ4n) is 5.24. The third kappa shape index (κ3) is 3.83. The fourth-order valence-corrected chi connectivity index (χ4v) is 5.24. The van der Waals surface area contributed by atoms with Crippen molar-refractivity contribution in [1.82, 2.24) is 25.0 Å². The molecule has 0 saturated carbocycles. The van der Waals surface area contributed by atoms with Gasteiger partial charge in [-0.1, -0.05) is 6.07 Å². The molecule has 2 fully saturated rings. The first kappa shape index (κ1) is 22.4. The highest BCUT2D eigenvalue weighted by atomic mass is 16.5. The molecule has 5 heterocycles. The van der Waals surface area contributed by atoms with Crippen molar-refractivity contribution in [3.8, 4) is 22.4 Å². The largest absolute Gasteiger partial charge is 0.378 e. The Balaban J connectivity index is 1.28. The van der Waals surface area contributed by atoms with Gasteiger partial charge in [-0.15, -0.1) is 0 Å². The van der Waals surface area contributed by atoms with Crippen LogP contribution in [0.25, 0.3) is 22.4 Å². The number of carbonyl (C=O) groups excluding carboxylic acids is 3. The maximum absolute atomic E-state index is 13.1. The molecule has 0 unspecified atom stereocenters. The summed E-state index contributed by atoms with van der Waals surface area (Å²) in [7, 11) is 1.90. The molecule has 0 bridgehead atoms. The Morgan fingerprint density at radius 3 is 2.56 bits per heavy atom. The van der Waals surface area contributed by atoms with E-state index < -0.39 is 11.9 Å². The van der Waals surface area contributed by atoms with E-state index in [1.165, 1.54) is 0 Å². The third-order valence-corrected chi connectivity index (χ3v) is 7.13. The first-order valence-electron chi connectivity index (χ1n) is 12.1. The maximum Gasteiger partial charge on any atom is 0.255 e. The summed E-state index contributed by atoms with van der Waals surface area (Å²) in [5, 5.41) is 6.84. The quantitative estimate of drug-likeness (QED) is 0.560. The minimum absolute atomic E-state index is 0.180. The zero-order valence-electron chi connectivity index (χ0n) is 19.9. The van der Waals surface area contributed by atoms with E-state index in [1.54, 1.807) is 4.90 Å². The standard InChI is InChI=1S/C26H26N6O4/c1-30-24(17-3-6-22(27-13-17)31-8-10-36-11-9-31)20(14-28-30)16-2-4-19-18(12-16)15-32(26(19)35)21-5-7-23(33)29-25(21)34/h2-4,6,12-14,21H,5,7-11,15H2,1H3,(H,29,33,34)/t21-/m0/s1. The average molecular weight is 487 g/mol. The van der Waals surface area contributed by atoms with Crippen molar-refractivity contribution < 1.29 is 19.1 Å². The number of fused-ring (bicyclic) bond motifs is 1. The lowest BCUT2D eigenvalue weighted by Crippen LogP contribution is -2.52. The highest BCUT2D eigenvalue weighted by molar-refractivity contribution is 6.05. The van der Waals surface area contributed by atoms with E-state index in [1.807, 2.05) is 48.4 Å². The lowest BCUT2D eigenvalue weighted by molar-refractivity contribution is -0.136. The number of piperidine rings is 1. The molecule has 1 atom stereocenters. The molecule has 36 heavy (non-hydrogen) atoms. The lowest BCUT2D eigenvalue weighted by atomic mass is 9.98. The first-order valence-corrected chi connectivity index (χ1v) is 12.1. The molecule has 10 nitrogen and oxygen atoms in total. The van der Waals surface area contributed by atoms with Crippen LogP contribution in [0.4, 0.5) is 5.82 Å². The van der Waals surface area contributed by atoms with E-state index in [9.17, 15) is 14.4 Å². The number of benzene rings is 1. The zero-order chi connectivity index (χ0) is 24.8. The molecule has 3 aliphatic heterocycles. The molecule has 1 N–H and O–H groups in total. The Bertz CT molecular complexity index is 1360. The van der Waals surface area contributed by atoms with Gasteiger partial charge < -0.3 is 14.5 Å². The third-order valence-electron chi connectivity index (χ3n) is 7.13. The van der Waals surface area contributed by atoms with E-state index in [0.29, 0.717) is 31.7 Å². The van der Waals surface area contributed by atoms with Gasteiger partial charge in [0.25, 0.3) is 5.91 Å². The number of aromatic nitrogens is 3. The van der Waals surface area contributed by atoms with Crippen LogP contribution < -0.4 is 10.2 Å². The summed E-state index contributed by atoms with van der Waals surface area (Å²) in [5.41, 5.74) is 5.20. The van der Waals surface area contributed by atoms with Gasteiger partial charge in [0, 0.05) is 56.0 Å². The van der Waals surface area contributed by atoms with Crippen molar-refractivity contribution in [2.24, 2.45) is 7.05 Å². The predicted molar refractivity (Wildman–Crippen MR) is 131 cm³/mol. The number of amides is 3. The Kier molecular flexibility index (Phi) is 5.52. The van der Waals surface area contributed by atoms with Gasteiger partial charge in [0.2, 0.25) is 11.8 Å². The van der Waals surface area contributed by atoms with Crippen LogP contribution in [0.1, 0.15) is 28.8 Å². The van der Waals surface area contributed by atoms with Crippen molar-refractivity contribution in [3.63, 3.8) is 0 Å². The van der Waals surface area contributed by atoms with Gasteiger partial charge in [0.05, 0.1) is 25.1 Å². The number of rotatable bonds is 4. The van der Waals surface area contributed by atoms with Crippen molar-refractivity contribution in [3.05, 3.63) is 53.9 Å². The lowest BCUT2D eigenvalue weighted by Gasteiger charge is -2.29. The van der Waals surface area contributed by atoms with Gasteiger partial charge in [0.15, 0.2) is 0 Å². The molecule has 3 aromatic rings. The summed E-state index contributed by atoms with van der Waals surface area (Å²) >= 11 is 0. The summed E-state index contributed by atoms with van der Waals surface area (Å²) in [6, 6.07) is 9.18. The minimum atomic E-state index is -0.629. The summed E-state index contributed by atoms with van der Waals surface area (Å²) in [6.07, 6.45) is 4.27. The molecule has 3 aliphatic rings. The number of ether oxygens (including phenoxy) is 1. The van der Waals surface area contributed by atoms with Crippen LogP contribution in [0.2, 0.25) is 0 Å². The van der Waals surface area contributed by atoms with E-state index in [2.05, 4.69) is 21.4 Å². The second kappa shape index (κ2) is 8.87. The van der Waals surface area contributed by atoms with Gasteiger partial charge >= 0.3 is 0 Å². The smallest absolute Gasteiger partial charge is 0.255 e. The number of aryl methyl sites for hydroxylation is 1. The van der Waals surface area contributed by atoms with Crippen molar-refractivity contribution >= 4 is 23.5 Å². The Labute approximate surface area is 207 Å². The van der Waals surface area contributed by atoms with Crippen molar-refractivity contribution in [2.45, 2.75) is 25.4 Å². The topological polar surface area (TPSA) is 110 Å². The Hall–Kier alpha value is -4.05. The molecule has 0 radical (unpaired) electrons. The Morgan fingerprint density at radius 1 is 1.00 bits per heavy atom. The molecule has 2 saturated heterocycles. The average Bonchev–Trinajstić information content (AvgIpc) is 3.44. The monoisotopic (exact) mass is 486 g/mol. The first-order chi connectivity index (χ1) is 17.5. The van der Waals surface area contributed by atoms with E-state index in [-0.39, 0.29) is 18.2 Å². The normalized spacial score (nSPS) is 20.0. The molecule has 6 rings (SSSR count). The SMILES string of the molecule is Cn1ncc(-c2ccc3c(c2)CN([C@H]2CCC(=O)NC2=O)C3=O)c1-c1ccc(N2CCOCC2)nc1. The summed E-state index contributed by atoms with van der Waals surface area (Å²) in [5.74, 6) is 0.0465. The maximum atomic E-state index is 13.1. The molecule has 10 heteroatoms. The Morgan fingerprint density at radius 2 is 1.81 bits per heavy atom. The second-order valence-corrected chi connectivity index (χ2v) is 9.31. The summed E-state index contributed by atoms with van der Waals surface area (Å²) in [6.45, 7) is 3.40. The van der Waals surface area contributed by atoms with Crippen LogP contribution in [0.5, 0.6) is 0 Å². The molecular weight excluding hydrogens is 460 g/mol. The molecule has 184 valence electrons. The highest BCUT2D eigenvalue weighted by Crippen LogP contribution is 2.35. The van der Waals surface area contributed by atoms with Crippen LogP contribution in [0.3, 0.4) is 0 Å². The number of hydrogen-bond donors (Lipinski definition) is 1. The number of morpholine rings is 1. The predicted octanol–water partition coefficient (Wildman–Crippen LogP) is 1.75.